The molecular formula is C22H34N2O4. The number of rotatable bonds is 5. The van der Waals surface area contributed by atoms with Gasteiger partial charge >= 0.3 is 5.97 Å². The second-order valence-corrected chi connectivity index (χ2v) is 10.1. The molecule has 6 heteroatoms. The van der Waals surface area contributed by atoms with Gasteiger partial charge in [0.15, 0.2) is 6.10 Å². The molecule has 2 amide bonds. The van der Waals surface area contributed by atoms with E-state index in [1.165, 1.54) is 6.42 Å². The van der Waals surface area contributed by atoms with Gasteiger partial charge in [-0.3, -0.25) is 14.4 Å². The second-order valence-electron chi connectivity index (χ2n) is 10.1. The Morgan fingerprint density at radius 2 is 1.64 bits per heavy atom. The number of hydrogen-bond acceptors (Lipinski definition) is 4. The topological polar surface area (TPSA) is 84.5 Å². The summed E-state index contributed by atoms with van der Waals surface area (Å²) in [6, 6.07) is 0.213. The van der Waals surface area contributed by atoms with Crippen molar-refractivity contribution in [3.05, 3.63) is 0 Å². The van der Waals surface area contributed by atoms with Gasteiger partial charge in [-0.2, -0.15) is 0 Å². The normalized spacial score (nSPS) is 37.9. The zero-order chi connectivity index (χ0) is 19.9. The molecule has 0 saturated heterocycles. The largest absolute Gasteiger partial charge is 0.452 e. The van der Waals surface area contributed by atoms with Crippen LogP contribution in [0.15, 0.2) is 0 Å². The molecule has 3 atom stereocenters. The van der Waals surface area contributed by atoms with Gasteiger partial charge in [0.2, 0.25) is 5.91 Å². The van der Waals surface area contributed by atoms with Crippen molar-refractivity contribution in [2.24, 2.45) is 17.3 Å². The molecule has 4 bridgehead atoms. The summed E-state index contributed by atoms with van der Waals surface area (Å²) in [5, 5.41) is 6.23. The molecule has 0 spiro atoms. The highest BCUT2D eigenvalue weighted by atomic mass is 16.5. The van der Waals surface area contributed by atoms with Crippen LogP contribution in [0.1, 0.15) is 84.5 Å². The molecule has 5 rings (SSSR count). The van der Waals surface area contributed by atoms with Crippen LogP contribution in [0.25, 0.3) is 0 Å². The molecule has 28 heavy (non-hydrogen) atoms. The van der Waals surface area contributed by atoms with E-state index in [2.05, 4.69) is 10.6 Å². The molecule has 5 saturated carbocycles. The zero-order valence-electron chi connectivity index (χ0n) is 17.2. The van der Waals surface area contributed by atoms with E-state index >= 15 is 0 Å². The summed E-state index contributed by atoms with van der Waals surface area (Å²) in [7, 11) is 0. The van der Waals surface area contributed by atoms with Crippen LogP contribution in [-0.4, -0.2) is 35.5 Å². The van der Waals surface area contributed by atoms with Crippen LogP contribution < -0.4 is 10.6 Å². The number of esters is 1. The van der Waals surface area contributed by atoms with Gasteiger partial charge in [-0.15, -0.1) is 0 Å². The van der Waals surface area contributed by atoms with Crippen LogP contribution in [0.2, 0.25) is 0 Å². The predicted octanol–water partition coefficient (Wildman–Crippen LogP) is 2.84. The first-order valence-corrected chi connectivity index (χ1v) is 11.1. The maximum atomic E-state index is 13.2. The zero-order valence-corrected chi connectivity index (χ0v) is 17.2. The van der Waals surface area contributed by atoms with Crippen molar-refractivity contribution in [3.63, 3.8) is 0 Å². The first-order chi connectivity index (χ1) is 13.3. The van der Waals surface area contributed by atoms with E-state index in [4.69, 9.17) is 4.74 Å². The molecule has 2 N–H and O–H groups in total. The van der Waals surface area contributed by atoms with E-state index < -0.39 is 11.5 Å². The molecule has 5 aliphatic carbocycles. The Balaban J connectivity index is 1.41. The van der Waals surface area contributed by atoms with Crippen molar-refractivity contribution >= 4 is 17.8 Å². The summed E-state index contributed by atoms with van der Waals surface area (Å²) >= 11 is 0. The molecule has 0 radical (unpaired) electrons. The third-order valence-electron chi connectivity index (χ3n) is 7.54. The lowest BCUT2D eigenvalue weighted by Gasteiger charge is -2.60. The average Bonchev–Trinajstić information content (AvgIpc) is 2.60. The first kappa shape index (κ1) is 19.7. The third-order valence-corrected chi connectivity index (χ3v) is 7.54. The summed E-state index contributed by atoms with van der Waals surface area (Å²) in [5.41, 5.74) is -0.797. The van der Waals surface area contributed by atoms with Gasteiger partial charge in [0.1, 0.15) is 0 Å². The summed E-state index contributed by atoms with van der Waals surface area (Å²) < 4.78 is 5.72. The molecule has 5 aliphatic rings. The molecular weight excluding hydrogens is 356 g/mol. The number of nitrogens with one attached hydrogen (secondary N) is 2. The smallest absolute Gasteiger partial charge is 0.312 e. The van der Waals surface area contributed by atoms with Crippen LogP contribution in [0.3, 0.4) is 0 Å². The molecule has 0 aromatic heterocycles. The third kappa shape index (κ3) is 3.79. The number of amides is 2. The van der Waals surface area contributed by atoms with Crippen LogP contribution >= 0.6 is 0 Å². The van der Waals surface area contributed by atoms with Crippen molar-refractivity contribution in [1.29, 1.82) is 0 Å². The van der Waals surface area contributed by atoms with E-state index in [0.717, 1.165) is 57.8 Å². The second kappa shape index (κ2) is 7.34. The maximum absolute atomic E-state index is 13.2. The van der Waals surface area contributed by atoms with Gasteiger partial charge < -0.3 is 15.4 Å². The quantitative estimate of drug-likeness (QED) is 0.707. The lowest BCUT2D eigenvalue weighted by Crippen LogP contribution is -2.65. The van der Waals surface area contributed by atoms with Crippen molar-refractivity contribution in [2.75, 3.05) is 0 Å². The fraction of sp³-hybridized carbons (Fsp3) is 0.864. The first-order valence-electron chi connectivity index (χ1n) is 11.1. The number of carbonyl (C=O) groups is 3. The lowest BCUT2D eigenvalue weighted by atomic mass is 9.47. The van der Waals surface area contributed by atoms with E-state index in [1.807, 2.05) is 0 Å². The van der Waals surface area contributed by atoms with Crippen LogP contribution in [0.5, 0.6) is 0 Å². The maximum Gasteiger partial charge on any atom is 0.312 e. The number of carbonyl (C=O) groups excluding carboxylic acids is 3. The van der Waals surface area contributed by atoms with Crippen LogP contribution in [0.4, 0.5) is 0 Å². The van der Waals surface area contributed by atoms with Gasteiger partial charge in [-0.1, -0.05) is 19.3 Å². The Bertz CT molecular complexity index is 641. The van der Waals surface area contributed by atoms with E-state index in [0.29, 0.717) is 18.3 Å². The Labute approximate surface area is 167 Å². The predicted molar refractivity (Wildman–Crippen MR) is 104 cm³/mol. The Morgan fingerprint density at radius 1 is 1.00 bits per heavy atom. The summed E-state index contributed by atoms with van der Waals surface area (Å²) in [5.74, 6) is 0.494. The molecule has 0 aromatic carbocycles. The van der Waals surface area contributed by atoms with Gasteiger partial charge in [-0.05, 0) is 70.1 Å². The minimum atomic E-state index is -0.765. The lowest BCUT2D eigenvalue weighted by molar-refractivity contribution is -0.182. The van der Waals surface area contributed by atoms with E-state index in [1.54, 1.807) is 13.8 Å². The summed E-state index contributed by atoms with van der Waals surface area (Å²) in [6.07, 6.45) is 10.2. The summed E-state index contributed by atoms with van der Waals surface area (Å²) in [4.78, 5) is 37.5. The monoisotopic (exact) mass is 390 g/mol. The highest BCUT2D eigenvalue weighted by Crippen LogP contribution is 2.62. The van der Waals surface area contributed by atoms with Crippen LogP contribution in [-0.2, 0) is 19.1 Å². The highest BCUT2D eigenvalue weighted by molar-refractivity contribution is 5.85. The van der Waals surface area contributed by atoms with Gasteiger partial charge in [-0.25, -0.2) is 0 Å². The molecule has 5 fully saturated rings. The Kier molecular flexibility index (Phi) is 5.17. The van der Waals surface area contributed by atoms with E-state index in [-0.39, 0.29) is 29.4 Å². The molecule has 3 unspecified atom stereocenters. The molecule has 0 heterocycles. The van der Waals surface area contributed by atoms with Crippen molar-refractivity contribution in [1.82, 2.24) is 10.6 Å². The molecule has 0 aliphatic heterocycles. The SMILES string of the molecule is CC(=O)NC12CC3CC(C1)CC(C(=O)OC(C)C(=O)NC1CCCCC1)(C3)C2. The molecule has 0 aromatic rings. The van der Waals surface area contributed by atoms with Crippen molar-refractivity contribution in [2.45, 2.75) is 102 Å². The minimum absolute atomic E-state index is 0.0225. The van der Waals surface area contributed by atoms with E-state index in [9.17, 15) is 14.4 Å². The number of ether oxygens (including phenoxy) is 1. The average molecular weight is 391 g/mol. The van der Waals surface area contributed by atoms with Crippen molar-refractivity contribution in [3.8, 4) is 0 Å². The minimum Gasteiger partial charge on any atom is -0.452 e. The standard InChI is InChI=1S/C22H34N2O4/c1-14(19(26)23-18-6-4-3-5-7-18)28-20(27)21-9-16-8-17(10-21)12-22(11-16,13-21)24-15(2)25/h14,16-18H,3-13H2,1-2H3,(H,23,26)(H,24,25). The fourth-order valence-electron chi connectivity index (χ4n) is 6.93. The van der Waals surface area contributed by atoms with Crippen LogP contribution in [0, 0.1) is 17.3 Å². The molecule has 6 nitrogen and oxygen atoms in total. The van der Waals surface area contributed by atoms with Gasteiger partial charge in [0.25, 0.3) is 5.91 Å². The van der Waals surface area contributed by atoms with Crippen molar-refractivity contribution < 1.29 is 19.1 Å². The molecule has 156 valence electrons. The van der Waals surface area contributed by atoms with Gasteiger partial charge in [0.05, 0.1) is 5.41 Å². The Morgan fingerprint density at radius 3 is 2.25 bits per heavy atom. The number of hydrogen-bond donors (Lipinski definition) is 2. The fourth-order valence-corrected chi connectivity index (χ4v) is 6.93. The van der Waals surface area contributed by atoms with Gasteiger partial charge in [0, 0.05) is 18.5 Å². The Hall–Kier alpha value is -1.59. The summed E-state index contributed by atoms with van der Waals surface area (Å²) in [6.45, 7) is 3.24. The highest BCUT2D eigenvalue weighted by Gasteiger charge is 2.61.